The van der Waals surface area contributed by atoms with Gasteiger partial charge in [-0.05, 0) is 35.0 Å². The molecule has 4 aromatic carbocycles. The van der Waals surface area contributed by atoms with Crippen LogP contribution in [0.3, 0.4) is 0 Å². The predicted molar refractivity (Wildman–Crippen MR) is 108 cm³/mol. The van der Waals surface area contributed by atoms with E-state index < -0.39 is 0 Å². The Morgan fingerprint density at radius 3 is 1.29 bits per heavy atom. The highest BCUT2D eigenvalue weighted by Crippen LogP contribution is 2.45. The Hall–Kier alpha value is -2.30. The van der Waals surface area contributed by atoms with Gasteiger partial charge in [0.15, 0.2) is 0 Å². The summed E-state index contributed by atoms with van der Waals surface area (Å²) in [4.78, 5) is 2.34. The van der Waals surface area contributed by atoms with Gasteiger partial charge in [-0.2, -0.15) is 0 Å². The maximum Gasteiger partial charge on any atom is 0.0405 e. The average molecular weight is 348 g/mol. The van der Waals surface area contributed by atoms with Crippen molar-refractivity contribution in [3.8, 4) is 0 Å². The zero-order valence-corrected chi connectivity index (χ0v) is 14.5. The lowest BCUT2D eigenvalue weighted by Crippen LogP contribution is -1.88. The molecule has 24 heavy (non-hydrogen) atoms. The van der Waals surface area contributed by atoms with Crippen molar-refractivity contribution in [2.45, 2.75) is 9.79 Å². The van der Waals surface area contributed by atoms with E-state index >= 15 is 0 Å². The second-order valence-corrected chi connectivity index (χ2v) is 7.78. The predicted octanol–water partition coefficient (Wildman–Crippen LogP) is 5.96. The molecule has 0 aromatic heterocycles. The van der Waals surface area contributed by atoms with Crippen LogP contribution in [0.2, 0.25) is 0 Å². The van der Waals surface area contributed by atoms with Crippen molar-refractivity contribution in [3.05, 3.63) is 72.8 Å². The molecule has 4 N–H and O–H groups in total. The van der Waals surface area contributed by atoms with Gasteiger partial charge >= 0.3 is 0 Å². The number of hydrogen-bond donors (Lipinski definition) is 2. The van der Waals surface area contributed by atoms with Gasteiger partial charge < -0.3 is 11.5 Å². The van der Waals surface area contributed by atoms with E-state index in [-0.39, 0.29) is 0 Å². The van der Waals surface area contributed by atoms with Crippen LogP contribution in [0.25, 0.3) is 21.5 Å². The maximum absolute atomic E-state index is 6.20. The van der Waals surface area contributed by atoms with Gasteiger partial charge in [0.2, 0.25) is 0 Å². The summed E-state index contributed by atoms with van der Waals surface area (Å²) < 4.78 is 0. The molecule has 0 heterocycles. The molecule has 0 spiro atoms. The fourth-order valence-electron chi connectivity index (χ4n) is 2.90. The monoisotopic (exact) mass is 348 g/mol. The zero-order chi connectivity index (χ0) is 16.5. The van der Waals surface area contributed by atoms with Crippen molar-refractivity contribution in [1.82, 2.24) is 0 Å². The summed E-state index contributed by atoms with van der Waals surface area (Å²) in [5, 5.41) is 4.56. The summed E-state index contributed by atoms with van der Waals surface area (Å²) >= 11 is 0. The molecule has 0 fully saturated rings. The lowest BCUT2D eigenvalue weighted by atomic mass is 10.1. The third kappa shape index (κ3) is 2.68. The minimum Gasteiger partial charge on any atom is -0.398 e. The van der Waals surface area contributed by atoms with Gasteiger partial charge in [-0.15, -0.1) is 0 Å². The largest absolute Gasteiger partial charge is 0.398 e. The van der Waals surface area contributed by atoms with Crippen LogP contribution in [0.1, 0.15) is 0 Å². The van der Waals surface area contributed by atoms with Crippen molar-refractivity contribution in [2.75, 3.05) is 11.5 Å². The summed E-state index contributed by atoms with van der Waals surface area (Å²) in [6, 6.07) is 24.6. The first-order valence-electron chi connectivity index (χ1n) is 7.63. The molecule has 2 nitrogen and oxygen atoms in total. The highest BCUT2D eigenvalue weighted by atomic mass is 33.1. The van der Waals surface area contributed by atoms with Crippen molar-refractivity contribution in [1.29, 1.82) is 0 Å². The minimum atomic E-state index is 0.814. The molecule has 0 saturated heterocycles. The maximum atomic E-state index is 6.20. The number of benzene rings is 4. The highest BCUT2D eigenvalue weighted by molar-refractivity contribution is 8.76. The third-order valence-corrected chi connectivity index (χ3v) is 6.47. The summed E-state index contributed by atoms with van der Waals surface area (Å²) in [5.41, 5.74) is 14.0. The lowest BCUT2D eigenvalue weighted by molar-refractivity contribution is 1.54. The first-order chi connectivity index (χ1) is 11.7. The summed E-state index contributed by atoms with van der Waals surface area (Å²) in [5.74, 6) is 0. The molecule has 118 valence electrons. The fourth-order valence-corrected chi connectivity index (χ4v) is 5.36. The molecular formula is C20H16N2S2. The smallest absolute Gasteiger partial charge is 0.0405 e. The van der Waals surface area contributed by atoms with Gasteiger partial charge in [-0.3, -0.25) is 0 Å². The molecule has 0 unspecified atom stereocenters. The van der Waals surface area contributed by atoms with Crippen molar-refractivity contribution < 1.29 is 0 Å². The molecule has 0 radical (unpaired) electrons. The van der Waals surface area contributed by atoms with Crippen LogP contribution >= 0.6 is 21.6 Å². The first-order valence-corrected chi connectivity index (χ1v) is 9.78. The first kappa shape index (κ1) is 15.2. The molecule has 0 aliphatic carbocycles. The van der Waals surface area contributed by atoms with Crippen LogP contribution in [0.4, 0.5) is 11.4 Å². The Kier molecular flexibility index (Phi) is 4.00. The van der Waals surface area contributed by atoms with E-state index in [0.717, 1.165) is 32.9 Å². The Morgan fingerprint density at radius 1 is 0.500 bits per heavy atom. The lowest BCUT2D eigenvalue weighted by Gasteiger charge is -2.10. The number of fused-ring (bicyclic) bond motifs is 2. The molecule has 0 bridgehead atoms. The van der Waals surface area contributed by atoms with E-state index in [9.17, 15) is 0 Å². The molecule has 4 heteroatoms. The Morgan fingerprint density at radius 2 is 0.875 bits per heavy atom. The summed E-state index contributed by atoms with van der Waals surface area (Å²) in [6.45, 7) is 0. The molecule has 0 amide bonds. The van der Waals surface area contributed by atoms with Gasteiger partial charge in [-0.25, -0.2) is 0 Å². The Balaban J connectivity index is 1.74. The topological polar surface area (TPSA) is 52.0 Å². The van der Waals surface area contributed by atoms with Crippen LogP contribution in [0, 0.1) is 0 Å². The number of anilines is 2. The second-order valence-electron chi connectivity index (χ2n) is 5.57. The molecule has 4 rings (SSSR count). The SMILES string of the molecule is Nc1cccc2cccc(SSc3cccc4cccc(N)c34)c12. The van der Waals surface area contributed by atoms with Gasteiger partial charge in [0, 0.05) is 31.9 Å². The van der Waals surface area contributed by atoms with E-state index in [4.69, 9.17) is 11.5 Å². The van der Waals surface area contributed by atoms with Crippen LogP contribution in [-0.4, -0.2) is 0 Å². The van der Waals surface area contributed by atoms with E-state index in [2.05, 4.69) is 48.5 Å². The highest BCUT2D eigenvalue weighted by Gasteiger charge is 2.09. The van der Waals surface area contributed by atoms with Crippen LogP contribution in [0.5, 0.6) is 0 Å². The molecule has 0 aliphatic heterocycles. The van der Waals surface area contributed by atoms with Gasteiger partial charge in [0.1, 0.15) is 0 Å². The summed E-state index contributed by atoms with van der Waals surface area (Å²) in [7, 11) is 3.44. The van der Waals surface area contributed by atoms with Crippen molar-refractivity contribution in [3.63, 3.8) is 0 Å². The van der Waals surface area contributed by atoms with Crippen molar-refractivity contribution >= 4 is 54.5 Å². The van der Waals surface area contributed by atoms with E-state index in [1.165, 1.54) is 9.79 Å². The van der Waals surface area contributed by atoms with Crippen LogP contribution < -0.4 is 11.5 Å². The van der Waals surface area contributed by atoms with Crippen LogP contribution in [0.15, 0.2) is 82.6 Å². The van der Waals surface area contributed by atoms with E-state index in [1.54, 1.807) is 21.6 Å². The number of nitrogen functional groups attached to an aromatic ring is 2. The van der Waals surface area contributed by atoms with E-state index in [0.29, 0.717) is 0 Å². The van der Waals surface area contributed by atoms with Gasteiger partial charge in [-0.1, -0.05) is 70.1 Å². The quantitative estimate of drug-likeness (QED) is 0.354. The average Bonchev–Trinajstić information content (AvgIpc) is 2.60. The number of rotatable bonds is 3. The molecule has 0 aliphatic rings. The third-order valence-electron chi connectivity index (χ3n) is 4.02. The number of hydrogen-bond acceptors (Lipinski definition) is 4. The van der Waals surface area contributed by atoms with Gasteiger partial charge in [0.25, 0.3) is 0 Å². The molecule has 0 atom stereocenters. The number of nitrogens with two attached hydrogens (primary N) is 2. The van der Waals surface area contributed by atoms with Gasteiger partial charge in [0.05, 0.1) is 0 Å². The zero-order valence-electron chi connectivity index (χ0n) is 12.9. The summed E-state index contributed by atoms with van der Waals surface area (Å²) in [6.07, 6.45) is 0. The normalized spacial score (nSPS) is 11.2. The molecular weight excluding hydrogens is 332 g/mol. The molecule has 0 saturated carbocycles. The molecule has 4 aromatic rings. The Bertz CT molecular complexity index is 948. The fraction of sp³-hybridized carbons (Fsp3) is 0. The standard InChI is InChI=1S/C20H16N2S2/c21-15-9-1-5-13-7-3-11-17(19(13)15)23-24-18-12-4-8-14-6-2-10-16(22)20(14)18/h1-12H,21-22H2. The van der Waals surface area contributed by atoms with Crippen molar-refractivity contribution in [2.24, 2.45) is 0 Å². The Labute approximate surface area is 148 Å². The van der Waals surface area contributed by atoms with Crippen LogP contribution in [-0.2, 0) is 0 Å². The minimum absolute atomic E-state index is 0.814. The second kappa shape index (κ2) is 6.30. The van der Waals surface area contributed by atoms with E-state index in [1.807, 2.05) is 24.3 Å².